The predicted molar refractivity (Wildman–Crippen MR) is 58.2 cm³/mol. The van der Waals surface area contributed by atoms with Crippen LogP contribution in [0.2, 0.25) is 0 Å². The number of ether oxygens (including phenoxy) is 1. The van der Waals surface area contributed by atoms with Crippen molar-refractivity contribution in [2.24, 2.45) is 5.73 Å². The number of hydrogen-bond acceptors (Lipinski definition) is 2. The average molecular weight is 197 g/mol. The highest BCUT2D eigenvalue weighted by Gasteiger charge is 2.28. The monoisotopic (exact) mass is 197 g/mol. The van der Waals surface area contributed by atoms with E-state index in [1.54, 1.807) is 0 Å². The highest BCUT2D eigenvalue weighted by Crippen LogP contribution is 2.31. The Balaban J connectivity index is 1.72. The second-order valence-corrected chi connectivity index (χ2v) is 5.10. The minimum absolute atomic E-state index is 0.157. The molecule has 0 aromatic heterocycles. The summed E-state index contributed by atoms with van der Waals surface area (Å²) in [4.78, 5) is 0. The fraction of sp³-hybridized carbons (Fsp3) is 1.00. The van der Waals surface area contributed by atoms with Crippen LogP contribution in [0.15, 0.2) is 0 Å². The van der Waals surface area contributed by atoms with Gasteiger partial charge in [-0.2, -0.15) is 0 Å². The van der Waals surface area contributed by atoms with Crippen LogP contribution in [0, 0.1) is 0 Å². The summed E-state index contributed by atoms with van der Waals surface area (Å²) in [5.74, 6) is 0. The van der Waals surface area contributed by atoms with Crippen LogP contribution in [-0.4, -0.2) is 18.2 Å². The lowest BCUT2D eigenvalue weighted by Gasteiger charge is -2.34. The lowest BCUT2D eigenvalue weighted by Crippen LogP contribution is -2.42. The Morgan fingerprint density at radius 2 is 1.93 bits per heavy atom. The molecule has 2 aliphatic rings. The zero-order valence-electron chi connectivity index (χ0n) is 9.13. The predicted octanol–water partition coefficient (Wildman–Crippen LogP) is 2.61. The van der Waals surface area contributed by atoms with Gasteiger partial charge in [0.2, 0.25) is 0 Å². The van der Waals surface area contributed by atoms with E-state index in [9.17, 15) is 0 Å². The van der Waals surface area contributed by atoms with Gasteiger partial charge in [-0.15, -0.1) is 0 Å². The second-order valence-electron chi connectivity index (χ2n) is 5.10. The van der Waals surface area contributed by atoms with Crippen LogP contribution in [-0.2, 0) is 4.74 Å². The summed E-state index contributed by atoms with van der Waals surface area (Å²) < 4.78 is 5.63. The van der Waals surface area contributed by atoms with Crippen LogP contribution in [0.1, 0.15) is 57.8 Å². The third kappa shape index (κ3) is 2.71. The smallest absolute Gasteiger partial charge is 0.0576 e. The first kappa shape index (κ1) is 10.4. The van der Waals surface area contributed by atoms with Gasteiger partial charge in [0.15, 0.2) is 0 Å². The SMILES string of the molecule is NC1(CCC2CCCO2)CCCCC1. The van der Waals surface area contributed by atoms with Crippen LogP contribution in [0.4, 0.5) is 0 Å². The molecule has 2 fully saturated rings. The maximum atomic E-state index is 6.38. The van der Waals surface area contributed by atoms with E-state index in [0.29, 0.717) is 6.10 Å². The van der Waals surface area contributed by atoms with Crippen LogP contribution in [0.3, 0.4) is 0 Å². The van der Waals surface area contributed by atoms with Crippen molar-refractivity contribution < 1.29 is 4.74 Å². The van der Waals surface area contributed by atoms with E-state index < -0.39 is 0 Å². The molecule has 1 heterocycles. The summed E-state index contributed by atoms with van der Waals surface area (Å²) in [7, 11) is 0. The molecule has 2 rings (SSSR count). The van der Waals surface area contributed by atoms with Crippen molar-refractivity contribution in [2.45, 2.75) is 69.4 Å². The molecule has 82 valence electrons. The molecule has 0 aromatic carbocycles. The first-order valence-corrected chi connectivity index (χ1v) is 6.19. The molecule has 0 amide bonds. The van der Waals surface area contributed by atoms with Gasteiger partial charge in [-0.25, -0.2) is 0 Å². The van der Waals surface area contributed by atoms with Crippen molar-refractivity contribution in [3.05, 3.63) is 0 Å². The van der Waals surface area contributed by atoms with Gasteiger partial charge < -0.3 is 10.5 Å². The Hall–Kier alpha value is -0.0800. The first-order chi connectivity index (χ1) is 6.79. The maximum Gasteiger partial charge on any atom is 0.0576 e. The standard InChI is InChI=1S/C12H23NO/c13-12(7-2-1-3-8-12)9-6-11-5-4-10-14-11/h11H,1-10,13H2. The summed E-state index contributed by atoms with van der Waals surface area (Å²) in [6.45, 7) is 0.974. The zero-order chi connectivity index (χ0) is 9.86. The van der Waals surface area contributed by atoms with E-state index >= 15 is 0 Å². The van der Waals surface area contributed by atoms with Gasteiger partial charge in [0.1, 0.15) is 0 Å². The minimum atomic E-state index is 0.157. The molecule has 1 saturated heterocycles. The molecule has 2 N–H and O–H groups in total. The highest BCUT2D eigenvalue weighted by atomic mass is 16.5. The fourth-order valence-electron chi connectivity index (χ4n) is 2.83. The Labute approximate surface area is 87.2 Å². The molecule has 14 heavy (non-hydrogen) atoms. The number of rotatable bonds is 3. The van der Waals surface area contributed by atoms with E-state index in [-0.39, 0.29) is 5.54 Å². The third-order valence-electron chi connectivity index (χ3n) is 3.84. The molecular weight excluding hydrogens is 174 g/mol. The molecule has 0 bridgehead atoms. The summed E-state index contributed by atoms with van der Waals surface area (Å²) in [6.07, 6.45) is 11.9. The molecule has 1 unspecified atom stereocenters. The van der Waals surface area contributed by atoms with E-state index in [2.05, 4.69) is 0 Å². The van der Waals surface area contributed by atoms with Gasteiger partial charge >= 0.3 is 0 Å². The third-order valence-corrected chi connectivity index (χ3v) is 3.84. The highest BCUT2D eigenvalue weighted by molar-refractivity contribution is 4.88. The average Bonchev–Trinajstić information content (AvgIpc) is 2.69. The van der Waals surface area contributed by atoms with E-state index in [4.69, 9.17) is 10.5 Å². The Morgan fingerprint density at radius 3 is 2.57 bits per heavy atom. The lowest BCUT2D eigenvalue weighted by atomic mass is 9.79. The Bertz CT molecular complexity index is 169. The summed E-state index contributed by atoms with van der Waals surface area (Å²) in [5.41, 5.74) is 6.54. The number of nitrogens with two attached hydrogens (primary N) is 1. The van der Waals surface area contributed by atoms with Crippen LogP contribution in [0.25, 0.3) is 0 Å². The molecule has 0 aromatic rings. The van der Waals surface area contributed by atoms with E-state index in [1.165, 1.54) is 57.8 Å². The van der Waals surface area contributed by atoms with Crippen LogP contribution in [0.5, 0.6) is 0 Å². The van der Waals surface area contributed by atoms with Gasteiger partial charge in [0.05, 0.1) is 6.10 Å². The van der Waals surface area contributed by atoms with Gasteiger partial charge in [0, 0.05) is 12.1 Å². The molecule has 2 heteroatoms. The molecule has 0 spiro atoms. The lowest BCUT2D eigenvalue weighted by molar-refractivity contribution is 0.0924. The normalized spacial score (nSPS) is 31.9. The van der Waals surface area contributed by atoms with Crippen LogP contribution >= 0.6 is 0 Å². The number of hydrogen-bond donors (Lipinski definition) is 1. The van der Waals surface area contributed by atoms with Gasteiger partial charge in [0.25, 0.3) is 0 Å². The first-order valence-electron chi connectivity index (χ1n) is 6.19. The maximum absolute atomic E-state index is 6.38. The molecule has 1 aliphatic heterocycles. The van der Waals surface area contributed by atoms with E-state index in [1.807, 2.05) is 0 Å². The molecule has 1 saturated carbocycles. The molecule has 2 nitrogen and oxygen atoms in total. The largest absolute Gasteiger partial charge is 0.378 e. The molecule has 1 atom stereocenters. The van der Waals surface area contributed by atoms with Gasteiger partial charge in [-0.05, 0) is 38.5 Å². The zero-order valence-corrected chi connectivity index (χ0v) is 9.13. The fourth-order valence-corrected chi connectivity index (χ4v) is 2.83. The molecule has 1 aliphatic carbocycles. The summed E-state index contributed by atoms with van der Waals surface area (Å²) in [6, 6.07) is 0. The second kappa shape index (κ2) is 4.63. The Morgan fingerprint density at radius 1 is 1.14 bits per heavy atom. The van der Waals surface area contributed by atoms with Crippen molar-refractivity contribution >= 4 is 0 Å². The van der Waals surface area contributed by atoms with Crippen LogP contribution < -0.4 is 5.73 Å². The van der Waals surface area contributed by atoms with Crippen molar-refractivity contribution in [1.82, 2.24) is 0 Å². The van der Waals surface area contributed by atoms with Crippen molar-refractivity contribution in [2.75, 3.05) is 6.61 Å². The van der Waals surface area contributed by atoms with E-state index in [0.717, 1.165) is 6.61 Å². The topological polar surface area (TPSA) is 35.2 Å². The van der Waals surface area contributed by atoms with Gasteiger partial charge in [-0.3, -0.25) is 0 Å². The van der Waals surface area contributed by atoms with Crippen molar-refractivity contribution in [1.29, 1.82) is 0 Å². The summed E-state index contributed by atoms with van der Waals surface area (Å²) >= 11 is 0. The van der Waals surface area contributed by atoms with Gasteiger partial charge in [-0.1, -0.05) is 19.3 Å². The van der Waals surface area contributed by atoms with Crippen molar-refractivity contribution in [3.8, 4) is 0 Å². The molecular formula is C12H23NO. The quantitative estimate of drug-likeness (QED) is 0.754. The summed E-state index contributed by atoms with van der Waals surface area (Å²) in [5, 5.41) is 0. The van der Waals surface area contributed by atoms with Crippen molar-refractivity contribution in [3.63, 3.8) is 0 Å². The Kier molecular flexibility index (Phi) is 3.45. The minimum Gasteiger partial charge on any atom is -0.378 e. The molecule has 0 radical (unpaired) electrons.